The summed E-state index contributed by atoms with van der Waals surface area (Å²) in [7, 11) is 3.94. The molecule has 1 aromatic carbocycles. The first-order valence-electron chi connectivity index (χ1n) is 7.26. The number of aliphatic hydroxyl groups is 1. The Hall–Kier alpha value is -1.20. The van der Waals surface area contributed by atoms with E-state index >= 15 is 0 Å². The molecule has 2 aromatic rings. The lowest BCUT2D eigenvalue weighted by atomic mass is 10.1. The highest BCUT2D eigenvalue weighted by Gasteiger charge is 2.10. The van der Waals surface area contributed by atoms with Crippen molar-refractivity contribution >= 4 is 11.3 Å². The molecule has 0 spiro atoms. The van der Waals surface area contributed by atoms with Gasteiger partial charge in [-0.2, -0.15) is 0 Å². The first kappa shape index (κ1) is 16.2. The van der Waals surface area contributed by atoms with Crippen LogP contribution in [0.25, 0.3) is 10.4 Å². The van der Waals surface area contributed by atoms with Gasteiger partial charge in [0.15, 0.2) is 0 Å². The van der Waals surface area contributed by atoms with Gasteiger partial charge in [-0.05, 0) is 43.6 Å². The Morgan fingerprint density at radius 2 is 1.90 bits per heavy atom. The molecule has 0 amide bonds. The number of nitrogens with zero attached hydrogens (tertiary/aromatic N) is 1. The lowest BCUT2D eigenvalue weighted by Gasteiger charge is -2.20. The van der Waals surface area contributed by atoms with Crippen LogP contribution in [0.15, 0.2) is 41.8 Å². The average molecular weight is 304 g/mol. The molecule has 0 saturated heterocycles. The summed E-state index contributed by atoms with van der Waals surface area (Å²) >= 11 is 1.76. The van der Waals surface area contributed by atoms with E-state index in [9.17, 15) is 5.11 Å². The lowest BCUT2D eigenvalue weighted by Crippen LogP contribution is -2.36. The maximum absolute atomic E-state index is 9.88. The number of hydrogen-bond donors (Lipinski definition) is 2. The molecule has 21 heavy (non-hydrogen) atoms. The number of aliphatic hydroxyl groups excluding tert-OH is 1. The molecule has 2 N–H and O–H groups in total. The minimum Gasteiger partial charge on any atom is -0.390 e. The highest BCUT2D eigenvalue weighted by atomic mass is 32.1. The molecule has 114 valence electrons. The Bertz CT molecular complexity index is 522. The highest BCUT2D eigenvalue weighted by molar-refractivity contribution is 7.13. The Kier molecular flexibility index (Phi) is 5.94. The number of nitrogens with one attached hydrogen (secondary N) is 1. The van der Waals surface area contributed by atoms with E-state index in [4.69, 9.17) is 0 Å². The van der Waals surface area contributed by atoms with E-state index in [0.717, 1.165) is 0 Å². The van der Waals surface area contributed by atoms with Gasteiger partial charge in [-0.25, -0.2) is 0 Å². The largest absolute Gasteiger partial charge is 0.390 e. The highest BCUT2D eigenvalue weighted by Crippen LogP contribution is 2.25. The SMILES string of the molecule is CC(NCC(O)CN(C)C)c1ccc(-c2cccs2)cc1. The number of likely N-dealkylation sites (N-methyl/N-ethyl adjacent to an activating group) is 1. The Morgan fingerprint density at radius 1 is 1.19 bits per heavy atom. The van der Waals surface area contributed by atoms with E-state index in [-0.39, 0.29) is 12.1 Å². The standard InChI is InChI=1S/C17H24N2OS/c1-13(18-11-16(20)12-19(2)3)14-6-8-15(9-7-14)17-5-4-10-21-17/h4-10,13,16,18,20H,11-12H2,1-3H3. The monoisotopic (exact) mass is 304 g/mol. The number of rotatable bonds is 7. The van der Waals surface area contributed by atoms with Crippen LogP contribution in [0.4, 0.5) is 0 Å². The normalized spacial score (nSPS) is 14.3. The van der Waals surface area contributed by atoms with Gasteiger partial charge in [-0.15, -0.1) is 11.3 Å². The third-order valence-corrected chi connectivity index (χ3v) is 4.37. The van der Waals surface area contributed by atoms with E-state index < -0.39 is 0 Å². The molecule has 0 aliphatic carbocycles. The molecule has 0 bridgehead atoms. The third-order valence-electron chi connectivity index (χ3n) is 3.45. The van der Waals surface area contributed by atoms with Crippen molar-refractivity contribution in [2.24, 2.45) is 0 Å². The second-order valence-corrected chi connectivity index (χ2v) is 6.59. The summed E-state index contributed by atoms with van der Waals surface area (Å²) in [4.78, 5) is 3.29. The van der Waals surface area contributed by atoms with Crippen molar-refractivity contribution in [1.82, 2.24) is 10.2 Å². The van der Waals surface area contributed by atoms with Gasteiger partial charge in [0.2, 0.25) is 0 Å². The molecule has 2 atom stereocenters. The fourth-order valence-corrected chi connectivity index (χ4v) is 3.03. The summed E-state index contributed by atoms with van der Waals surface area (Å²) in [6, 6.07) is 13.1. The van der Waals surface area contributed by atoms with Crippen molar-refractivity contribution in [3.8, 4) is 10.4 Å². The predicted octanol–water partition coefficient (Wildman–Crippen LogP) is 2.99. The Morgan fingerprint density at radius 3 is 2.48 bits per heavy atom. The van der Waals surface area contributed by atoms with Crippen LogP contribution in [0, 0.1) is 0 Å². The van der Waals surface area contributed by atoms with E-state index in [2.05, 4.69) is 54.0 Å². The van der Waals surface area contributed by atoms with Gasteiger partial charge in [0.05, 0.1) is 6.10 Å². The van der Waals surface area contributed by atoms with Crippen LogP contribution in [0.2, 0.25) is 0 Å². The van der Waals surface area contributed by atoms with Gasteiger partial charge < -0.3 is 15.3 Å². The molecule has 0 fully saturated rings. The second-order valence-electron chi connectivity index (χ2n) is 5.65. The average Bonchev–Trinajstić information content (AvgIpc) is 2.98. The molecule has 1 heterocycles. The minimum atomic E-state index is -0.340. The molecule has 0 radical (unpaired) electrons. The molecule has 4 heteroatoms. The van der Waals surface area contributed by atoms with Gasteiger partial charge in [0.25, 0.3) is 0 Å². The zero-order valence-corrected chi connectivity index (χ0v) is 13.7. The number of hydrogen-bond acceptors (Lipinski definition) is 4. The quantitative estimate of drug-likeness (QED) is 0.825. The maximum atomic E-state index is 9.88. The summed E-state index contributed by atoms with van der Waals surface area (Å²) in [5, 5.41) is 15.4. The predicted molar refractivity (Wildman–Crippen MR) is 90.7 cm³/mol. The van der Waals surface area contributed by atoms with Crippen molar-refractivity contribution in [2.75, 3.05) is 27.2 Å². The molecule has 3 nitrogen and oxygen atoms in total. The van der Waals surface area contributed by atoms with Gasteiger partial charge in [0, 0.05) is 24.0 Å². The third kappa shape index (κ3) is 4.93. The van der Waals surface area contributed by atoms with Gasteiger partial charge >= 0.3 is 0 Å². The van der Waals surface area contributed by atoms with E-state index in [0.29, 0.717) is 13.1 Å². The number of benzene rings is 1. The summed E-state index contributed by atoms with van der Waals surface area (Å²) in [5.74, 6) is 0. The van der Waals surface area contributed by atoms with Crippen molar-refractivity contribution in [1.29, 1.82) is 0 Å². The second kappa shape index (κ2) is 7.71. The van der Waals surface area contributed by atoms with Crippen LogP contribution in [0.3, 0.4) is 0 Å². The molecule has 0 aliphatic heterocycles. The van der Waals surface area contributed by atoms with E-state index in [1.807, 2.05) is 19.0 Å². The molecule has 0 saturated carbocycles. The zero-order valence-electron chi connectivity index (χ0n) is 12.9. The van der Waals surface area contributed by atoms with Crippen LogP contribution in [-0.4, -0.2) is 43.3 Å². The number of thiophene rings is 1. The summed E-state index contributed by atoms with van der Waals surface area (Å²) in [6.45, 7) is 3.41. The van der Waals surface area contributed by atoms with Gasteiger partial charge in [-0.3, -0.25) is 0 Å². The molecule has 2 rings (SSSR count). The Labute approximate surface area is 131 Å². The maximum Gasteiger partial charge on any atom is 0.0791 e. The molecular weight excluding hydrogens is 280 g/mol. The van der Waals surface area contributed by atoms with Crippen LogP contribution in [0.1, 0.15) is 18.5 Å². The van der Waals surface area contributed by atoms with Gasteiger partial charge in [-0.1, -0.05) is 30.3 Å². The summed E-state index contributed by atoms with van der Waals surface area (Å²) in [5.41, 5.74) is 2.50. The zero-order chi connectivity index (χ0) is 15.2. The molecular formula is C17H24N2OS. The smallest absolute Gasteiger partial charge is 0.0791 e. The molecule has 1 aromatic heterocycles. The van der Waals surface area contributed by atoms with Crippen LogP contribution >= 0.6 is 11.3 Å². The van der Waals surface area contributed by atoms with Crippen molar-refractivity contribution in [3.05, 3.63) is 47.3 Å². The van der Waals surface area contributed by atoms with Crippen molar-refractivity contribution < 1.29 is 5.11 Å². The summed E-state index contributed by atoms with van der Waals surface area (Å²) in [6.07, 6.45) is -0.340. The topological polar surface area (TPSA) is 35.5 Å². The molecule has 2 unspecified atom stereocenters. The summed E-state index contributed by atoms with van der Waals surface area (Å²) < 4.78 is 0. The van der Waals surface area contributed by atoms with Crippen molar-refractivity contribution in [2.45, 2.75) is 19.1 Å². The Balaban J connectivity index is 1.89. The van der Waals surface area contributed by atoms with Crippen LogP contribution in [0.5, 0.6) is 0 Å². The first-order valence-corrected chi connectivity index (χ1v) is 8.14. The fraction of sp³-hybridized carbons (Fsp3) is 0.412. The van der Waals surface area contributed by atoms with E-state index in [1.54, 1.807) is 11.3 Å². The fourth-order valence-electron chi connectivity index (χ4n) is 2.30. The van der Waals surface area contributed by atoms with Crippen LogP contribution in [-0.2, 0) is 0 Å². The van der Waals surface area contributed by atoms with Crippen molar-refractivity contribution in [3.63, 3.8) is 0 Å². The lowest BCUT2D eigenvalue weighted by molar-refractivity contribution is 0.132. The molecule has 0 aliphatic rings. The van der Waals surface area contributed by atoms with Crippen LogP contribution < -0.4 is 5.32 Å². The minimum absolute atomic E-state index is 0.235. The van der Waals surface area contributed by atoms with E-state index in [1.165, 1.54) is 16.0 Å². The first-order chi connectivity index (χ1) is 10.1. The van der Waals surface area contributed by atoms with Gasteiger partial charge in [0.1, 0.15) is 0 Å².